The number of hydrogen-bond acceptors (Lipinski definition) is 5. The van der Waals surface area contributed by atoms with Gasteiger partial charge in [-0.3, -0.25) is 4.79 Å². The van der Waals surface area contributed by atoms with Crippen LogP contribution in [0, 0.1) is 6.92 Å². The predicted octanol–water partition coefficient (Wildman–Crippen LogP) is 3.13. The number of aryl methyl sites for hydroxylation is 1. The normalized spacial score (nSPS) is 17.1. The zero-order chi connectivity index (χ0) is 21.1. The van der Waals surface area contributed by atoms with E-state index in [1.54, 1.807) is 43.1 Å². The number of amides is 1. The van der Waals surface area contributed by atoms with E-state index < -0.39 is 10.1 Å². The molecule has 1 fully saturated rings. The van der Waals surface area contributed by atoms with Gasteiger partial charge in [0.15, 0.2) is 0 Å². The average Bonchev–Trinajstić information content (AvgIpc) is 2.70. The molecule has 0 N–H and O–H groups in total. The smallest absolute Gasteiger partial charge is 0.313 e. The monoisotopic (exact) mass is 416 g/mol. The van der Waals surface area contributed by atoms with E-state index in [1.807, 2.05) is 25.1 Å². The summed E-state index contributed by atoms with van der Waals surface area (Å²) in [6.45, 7) is 4.98. The third kappa shape index (κ3) is 5.04. The molecule has 1 aliphatic rings. The highest BCUT2D eigenvalue weighted by Gasteiger charge is 2.39. The van der Waals surface area contributed by atoms with Gasteiger partial charge in [-0.15, -0.1) is 0 Å². The minimum atomic E-state index is -3.85. The van der Waals surface area contributed by atoms with Crippen LogP contribution in [-0.4, -0.2) is 51.0 Å². The van der Waals surface area contributed by atoms with Gasteiger partial charge in [-0.05, 0) is 37.5 Å². The number of carbonyl (C=O) groups excluding carboxylic acids is 1. The van der Waals surface area contributed by atoms with Crippen LogP contribution in [-0.2, 0) is 24.6 Å². The quantitative estimate of drug-likeness (QED) is 0.724. The standard InChI is InChI=1S/C22H28N2O4S/c1-18-9-11-21(12-10-18)29(26,27)28-24-15-13-22(14-16-24,17-23(3)19(2)25)20-7-5-4-6-8-20/h4-12H,13-17H2,1-3H3. The number of rotatable bonds is 6. The molecule has 156 valence electrons. The summed E-state index contributed by atoms with van der Waals surface area (Å²) < 4.78 is 30.6. The molecule has 1 saturated heterocycles. The van der Waals surface area contributed by atoms with E-state index in [0.29, 0.717) is 32.5 Å². The fraction of sp³-hybridized carbons (Fsp3) is 0.409. The Hall–Kier alpha value is -2.22. The third-order valence-corrected chi connectivity index (χ3v) is 6.91. The molecule has 2 aromatic carbocycles. The van der Waals surface area contributed by atoms with Crippen LogP contribution in [0.3, 0.4) is 0 Å². The van der Waals surface area contributed by atoms with Gasteiger partial charge in [-0.1, -0.05) is 48.0 Å². The minimum Gasteiger partial charge on any atom is -0.345 e. The summed E-state index contributed by atoms with van der Waals surface area (Å²) in [5, 5.41) is 1.52. The van der Waals surface area contributed by atoms with E-state index >= 15 is 0 Å². The second kappa shape index (κ2) is 8.65. The molecular weight excluding hydrogens is 388 g/mol. The Balaban J connectivity index is 1.74. The molecule has 0 saturated carbocycles. The van der Waals surface area contributed by atoms with E-state index in [2.05, 4.69) is 12.1 Å². The summed E-state index contributed by atoms with van der Waals surface area (Å²) in [5.41, 5.74) is 1.92. The molecule has 7 heteroatoms. The molecule has 29 heavy (non-hydrogen) atoms. The van der Waals surface area contributed by atoms with Gasteiger partial charge in [0.05, 0.1) is 4.90 Å². The Bertz CT molecular complexity index is 935. The zero-order valence-electron chi connectivity index (χ0n) is 17.2. The van der Waals surface area contributed by atoms with E-state index in [-0.39, 0.29) is 16.2 Å². The number of carbonyl (C=O) groups is 1. The zero-order valence-corrected chi connectivity index (χ0v) is 18.0. The molecule has 0 radical (unpaired) electrons. The van der Waals surface area contributed by atoms with Crippen molar-refractivity contribution in [1.29, 1.82) is 0 Å². The van der Waals surface area contributed by atoms with Crippen molar-refractivity contribution in [2.24, 2.45) is 0 Å². The lowest BCUT2D eigenvalue weighted by atomic mass is 9.72. The van der Waals surface area contributed by atoms with Crippen molar-refractivity contribution in [3.8, 4) is 0 Å². The Kier molecular flexibility index (Phi) is 6.41. The van der Waals surface area contributed by atoms with Crippen molar-refractivity contribution < 1.29 is 17.5 Å². The summed E-state index contributed by atoms with van der Waals surface area (Å²) in [6, 6.07) is 16.7. The Morgan fingerprint density at radius 3 is 2.21 bits per heavy atom. The van der Waals surface area contributed by atoms with Gasteiger partial charge < -0.3 is 4.90 Å². The van der Waals surface area contributed by atoms with E-state index in [1.165, 1.54) is 5.06 Å². The SMILES string of the molecule is CC(=O)N(C)CC1(c2ccccc2)CCN(OS(=O)(=O)c2ccc(C)cc2)CC1. The second-order valence-corrected chi connectivity index (χ2v) is 9.32. The first-order valence-corrected chi connectivity index (χ1v) is 11.2. The molecule has 1 aliphatic heterocycles. The number of nitrogens with zero attached hydrogens (tertiary/aromatic N) is 2. The number of benzene rings is 2. The maximum atomic E-state index is 12.6. The lowest BCUT2D eigenvalue weighted by molar-refractivity contribution is -0.129. The largest absolute Gasteiger partial charge is 0.345 e. The lowest BCUT2D eigenvalue weighted by Crippen LogP contribution is -2.49. The Morgan fingerprint density at radius 2 is 1.66 bits per heavy atom. The van der Waals surface area contributed by atoms with Crippen LogP contribution in [0.15, 0.2) is 59.5 Å². The first kappa shape index (κ1) is 21.5. The van der Waals surface area contributed by atoms with Gasteiger partial charge >= 0.3 is 10.1 Å². The van der Waals surface area contributed by atoms with Crippen molar-refractivity contribution in [1.82, 2.24) is 9.96 Å². The first-order chi connectivity index (χ1) is 13.7. The molecule has 0 unspecified atom stereocenters. The van der Waals surface area contributed by atoms with Gasteiger partial charge in [0.25, 0.3) is 0 Å². The molecule has 0 bridgehead atoms. The number of likely N-dealkylation sites (N-methyl/N-ethyl adjacent to an activating group) is 1. The van der Waals surface area contributed by atoms with Gasteiger partial charge in [0.1, 0.15) is 0 Å². The van der Waals surface area contributed by atoms with Crippen LogP contribution in [0.5, 0.6) is 0 Å². The van der Waals surface area contributed by atoms with Crippen LogP contribution in [0.25, 0.3) is 0 Å². The molecule has 3 rings (SSSR count). The van der Waals surface area contributed by atoms with Crippen molar-refractivity contribution in [2.75, 3.05) is 26.7 Å². The maximum absolute atomic E-state index is 12.6. The van der Waals surface area contributed by atoms with Crippen LogP contribution in [0.1, 0.15) is 30.9 Å². The fourth-order valence-electron chi connectivity index (χ4n) is 3.77. The topological polar surface area (TPSA) is 66.9 Å². The lowest BCUT2D eigenvalue weighted by Gasteiger charge is -2.43. The van der Waals surface area contributed by atoms with Crippen LogP contribution < -0.4 is 0 Å². The van der Waals surface area contributed by atoms with Crippen LogP contribution in [0.2, 0.25) is 0 Å². The van der Waals surface area contributed by atoms with E-state index in [4.69, 9.17) is 4.28 Å². The number of piperidine rings is 1. The summed E-state index contributed by atoms with van der Waals surface area (Å²) in [4.78, 5) is 13.7. The molecule has 1 amide bonds. The maximum Gasteiger partial charge on any atom is 0.313 e. The minimum absolute atomic E-state index is 0.0148. The van der Waals surface area contributed by atoms with Crippen LogP contribution in [0.4, 0.5) is 0 Å². The summed E-state index contributed by atoms with van der Waals surface area (Å²) in [5.74, 6) is 0.0148. The molecule has 0 atom stereocenters. The average molecular weight is 417 g/mol. The van der Waals surface area contributed by atoms with Gasteiger partial charge in [-0.2, -0.15) is 17.8 Å². The van der Waals surface area contributed by atoms with E-state index in [9.17, 15) is 13.2 Å². The van der Waals surface area contributed by atoms with Gasteiger partial charge in [0.2, 0.25) is 5.91 Å². The van der Waals surface area contributed by atoms with Crippen molar-refractivity contribution in [3.05, 3.63) is 65.7 Å². The van der Waals surface area contributed by atoms with Crippen molar-refractivity contribution in [3.63, 3.8) is 0 Å². The van der Waals surface area contributed by atoms with Gasteiger partial charge in [-0.25, -0.2) is 0 Å². The van der Waals surface area contributed by atoms with Crippen LogP contribution >= 0.6 is 0 Å². The second-order valence-electron chi connectivity index (χ2n) is 7.79. The highest BCUT2D eigenvalue weighted by atomic mass is 32.2. The summed E-state index contributed by atoms with van der Waals surface area (Å²) >= 11 is 0. The highest BCUT2D eigenvalue weighted by molar-refractivity contribution is 7.86. The molecule has 0 spiro atoms. The van der Waals surface area contributed by atoms with Crippen molar-refractivity contribution >= 4 is 16.0 Å². The first-order valence-electron chi connectivity index (χ1n) is 9.75. The number of hydroxylamine groups is 2. The summed E-state index contributed by atoms with van der Waals surface area (Å²) in [7, 11) is -2.05. The Labute approximate surface area is 173 Å². The predicted molar refractivity (Wildman–Crippen MR) is 112 cm³/mol. The molecule has 1 heterocycles. The Morgan fingerprint density at radius 1 is 1.07 bits per heavy atom. The molecule has 0 aromatic heterocycles. The molecule has 2 aromatic rings. The fourth-order valence-corrected chi connectivity index (χ4v) is 4.75. The molecule has 6 nitrogen and oxygen atoms in total. The van der Waals surface area contributed by atoms with E-state index in [0.717, 1.165) is 11.1 Å². The third-order valence-electron chi connectivity index (χ3n) is 5.66. The summed E-state index contributed by atoms with van der Waals surface area (Å²) in [6.07, 6.45) is 1.39. The molecular formula is C22H28N2O4S. The highest BCUT2D eigenvalue weighted by Crippen LogP contribution is 2.37. The molecule has 0 aliphatic carbocycles. The van der Waals surface area contributed by atoms with Crippen molar-refractivity contribution in [2.45, 2.75) is 37.0 Å². The van der Waals surface area contributed by atoms with Gasteiger partial charge in [0, 0.05) is 39.0 Å². The number of hydrogen-bond donors (Lipinski definition) is 0.